The number of piperidine rings is 1. The third kappa shape index (κ3) is 4.85. The first-order chi connectivity index (χ1) is 14.5. The van der Waals surface area contributed by atoms with Gasteiger partial charge in [-0.3, -0.25) is 4.79 Å². The lowest BCUT2D eigenvalue weighted by Gasteiger charge is -2.34. The predicted octanol–water partition coefficient (Wildman–Crippen LogP) is 4.03. The predicted molar refractivity (Wildman–Crippen MR) is 109 cm³/mol. The van der Waals surface area contributed by atoms with E-state index < -0.39 is 39.1 Å². The number of halogens is 3. The van der Waals surface area contributed by atoms with Gasteiger partial charge >= 0.3 is 0 Å². The van der Waals surface area contributed by atoms with Crippen molar-refractivity contribution in [1.82, 2.24) is 4.31 Å². The Labute approximate surface area is 179 Å². The Morgan fingerprint density at radius 2 is 1.65 bits per heavy atom. The quantitative estimate of drug-likeness (QED) is 0.690. The molecule has 0 bridgehead atoms. The summed E-state index contributed by atoms with van der Waals surface area (Å²) in [6, 6.07) is 4.58. The number of methoxy groups -OCH3 is 1. The zero-order valence-electron chi connectivity index (χ0n) is 17.3. The summed E-state index contributed by atoms with van der Waals surface area (Å²) in [6.07, 6.45) is 0.908. The molecule has 0 spiro atoms. The van der Waals surface area contributed by atoms with E-state index in [-0.39, 0.29) is 28.0 Å². The normalized spacial score (nSPS) is 19.8. The molecule has 31 heavy (non-hydrogen) atoms. The van der Waals surface area contributed by atoms with Crippen molar-refractivity contribution in [3.63, 3.8) is 0 Å². The van der Waals surface area contributed by atoms with Gasteiger partial charge in [-0.25, -0.2) is 21.6 Å². The van der Waals surface area contributed by atoms with Crippen molar-refractivity contribution in [2.24, 2.45) is 11.8 Å². The second-order valence-corrected chi connectivity index (χ2v) is 9.74. The number of nitrogens with zero attached hydrogens (tertiary/aromatic N) is 1. The molecule has 2 atom stereocenters. The molecule has 1 aliphatic rings. The van der Waals surface area contributed by atoms with E-state index in [1.807, 2.05) is 13.8 Å². The molecule has 2 aromatic rings. The van der Waals surface area contributed by atoms with Crippen LogP contribution in [0.25, 0.3) is 0 Å². The Bertz CT molecular complexity index is 1100. The Hall–Kier alpha value is -2.59. The van der Waals surface area contributed by atoms with Crippen LogP contribution in [0, 0.1) is 29.3 Å². The zero-order chi connectivity index (χ0) is 22.9. The van der Waals surface area contributed by atoms with Crippen LogP contribution in [0.15, 0.2) is 35.2 Å². The van der Waals surface area contributed by atoms with Gasteiger partial charge in [-0.2, -0.15) is 4.31 Å². The molecule has 3 rings (SSSR count). The fraction of sp³-hybridized carbons (Fsp3) is 0.381. The van der Waals surface area contributed by atoms with Gasteiger partial charge in [-0.05, 0) is 36.5 Å². The molecule has 0 aliphatic carbocycles. The smallest absolute Gasteiger partial charge is 0.255 e. The number of hydrogen-bond acceptors (Lipinski definition) is 4. The molecule has 1 amide bonds. The lowest BCUT2D eigenvalue weighted by Crippen LogP contribution is -2.42. The van der Waals surface area contributed by atoms with Crippen LogP contribution in [0.5, 0.6) is 5.75 Å². The fourth-order valence-corrected chi connectivity index (χ4v) is 5.63. The van der Waals surface area contributed by atoms with Gasteiger partial charge in [0, 0.05) is 30.8 Å². The molecule has 2 aromatic carbocycles. The van der Waals surface area contributed by atoms with Crippen LogP contribution < -0.4 is 10.1 Å². The molecule has 2 unspecified atom stereocenters. The maximum atomic E-state index is 13.9. The zero-order valence-corrected chi connectivity index (χ0v) is 18.1. The Morgan fingerprint density at radius 3 is 2.26 bits per heavy atom. The van der Waals surface area contributed by atoms with E-state index in [4.69, 9.17) is 4.74 Å². The van der Waals surface area contributed by atoms with Crippen LogP contribution in [0.3, 0.4) is 0 Å². The molecule has 0 saturated carbocycles. The molecular formula is C21H23F3N2O4S. The average molecular weight is 456 g/mol. The van der Waals surface area contributed by atoms with Crippen molar-refractivity contribution in [2.45, 2.75) is 25.2 Å². The molecular weight excluding hydrogens is 433 g/mol. The van der Waals surface area contributed by atoms with E-state index in [2.05, 4.69) is 5.32 Å². The Balaban J connectivity index is 1.95. The van der Waals surface area contributed by atoms with Crippen molar-refractivity contribution >= 4 is 21.6 Å². The number of ether oxygens (including phenoxy) is 1. The molecule has 168 valence electrons. The number of carbonyl (C=O) groups excluding carboxylic acids is 1. The van der Waals surface area contributed by atoms with Gasteiger partial charge in [0.05, 0.1) is 12.8 Å². The topological polar surface area (TPSA) is 75.7 Å². The van der Waals surface area contributed by atoms with Crippen LogP contribution in [-0.4, -0.2) is 38.8 Å². The maximum absolute atomic E-state index is 13.9. The Morgan fingerprint density at radius 1 is 1.03 bits per heavy atom. The highest BCUT2D eigenvalue weighted by Crippen LogP contribution is 2.32. The number of benzene rings is 2. The lowest BCUT2D eigenvalue weighted by molar-refractivity contribution is 0.102. The van der Waals surface area contributed by atoms with Gasteiger partial charge in [0.15, 0.2) is 11.6 Å². The van der Waals surface area contributed by atoms with Crippen molar-refractivity contribution in [2.75, 3.05) is 25.5 Å². The molecule has 1 heterocycles. The van der Waals surface area contributed by atoms with E-state index in [9.17, 15) is 26.4 Å². The van der Waals surface area contributed by atoms with Crippen molar-refractivity contribution in [1.29, 1.82) is 0 Å². The van der Waals surface area contributed by atoms with Gasteiger partial charge in [0.2, 0.25) is 10.0 Å². The summed E-state index contributed by atoms with van der Waals surface area (Å²) in [5.41, 5.74) is -0.676. The van der Waals surface area contributed by atoms with Gasteiger partial charge in [-0.1, -0.05) is 13.8 Å². The second-order valence-electron chi connectivity index (χ2n) is 7.83. The number of sulfonamides is 1. The first-order valence-corrected chi connectivity index (χ1v) is 11.1. The van der Waals surface area contributed by atoms with Crippen LogP contribution >= 0.6 is 0 Å². The molecule has 1 saturated heterocycles. The van der Waals surface area contributed by atoms with Crippen LogP contribution in [0.2, 0.25) is 0 Å². The van der Waals surface area contributed by atoms with Gasteiger partial charge in [0.1, 0.15) is 16.5 Å². The summed E-state index contributed by atoms with van der Waals surface area (Å²) in [5, 5.41) is 2.13. The largest absolute Gasteiger partial charge is 0.495 e. The summed E-state index contributed by atoms with van der Waals surface area (Å²) in [6.45, 7) is 4.62. The summed E-state index contributed by atoms with van der Waals surface area (Å²) in [5.74, 6) is -4.36. The average Bonchev–Trinajstić information content (AvgIpc) is 2.70. The molecule has 1 fully saturated rings. The maximum Gasteiger partial charge on any atom is 0.255 e. The van der Waals surface area contributed by atoms with E-state index in [0.717, 1.165) is 12.5 Å². The minimum absolute atomic E-state index is 0.0569. The highest BCUT2D eigenvalue weighted by molar-refractivity contribution is 7.89. The highest BCUT2D eigenvalue weighted by atomic mass is 32.2. The monoisotopic (exact) mass is 456 g/mol. The molecule has 6 nitrogen and oxygen atoms in total. The number of rotatable bonds is 5. The van der Waals surface area contributed by atoms with E-state index >= 15 is 0 Å². The minimum Gasteiger partial charge on any atom is -0.495 e. The molecule has 1 N–H and O–H groups in total. The number of amides is 1. The van der Waals surface area contributed by atoms with Crippen LogP contribution in [0.4, 0.5) is 18.9 Å². The van der Waals surface area contributed by atoms with E-state index in [1.165, 1.54) is 23.5 Å². The van der Waals surface area contributed by atoms with Crippen molar-refractivity contribution in [3.05, 3.63) is 53.3 Å². The summed E-state index contributed by atoms with van der Waals surface area (Å²) >= 11 is 0. The number of carbonyl (C=O) groups is 1. The summed E-state index contributed by atoms with van der Waals surface area (Å²) in [7, 11) is -2.66. The Kier molecular flexibility index (Phi) is 6.61. The lowest BCUT2D eigenvalue weighted by atomic mass is 9.94. The molecule has 10 heteroatoms. The van der Waals surface area contributed by atoms with Crippen LogP contribution in [-0.2, 0) is 10.0 Å². The number of hydrogen-bond donors (Lipinski definition) is 1. The highest BCUT2D eigenvalue weighted by Gasteiger charge is 2.34. The first kappa shape index (κ1) is 23.1. The van der Waals surface area contributed by atoms with Gasteiger partial charge in [-0.15, -0.1) is 0 Å². The van der Waals surface area contributed by atoms with Gasteiger partial charge in [0.25, 0.3) is 5.91 Å². The molecule has 0 radical (unpaired) electrons. The fourth-order valence-electron chi connectivity index (χ4n) is 3.77. The second kappa shape index (κ2) is 8.88. The standard InChI is InChI=1S/C21H23F3N2O4S/c1-12-6-13(2)11-26(10-12)31(28,29)20-7-14(4-5-19(20)30-3)21(27)25-18-9-16(23)15(22)8-17(18)24/h4-5,7-9,12-13H,6,10-11H2,1-3H3,(H,25,27). The number of nitrogens with one attached hydrogen (secondary N) is 1. The molecule has 1 aliphatic heterocycles. The summed E-state index contributed by atoms with van der Waals surface area (Å²) < 4.78 is 73.5. The third-order valence-electron chi connectivity index (χ3n) is 5.14. The minimum atomic E-state index is -3.98. The van der Waals surface area contributed by atoms with Crippen LogP contribution in [0.1, 0.15) is 30.6 Å². The van der Waals surface area contributed by atoms with Crippen molar-refractivity contribution < 1.29 is 31.1 Å². The van der Waals surface area contributed by atoms with Gasteiger partial charge < -0.3 is 10.1 Å². The summed E-state index contributed by atoms with van der Waals surface area (Å²) in [4.78, 5) is 12.4. The SMILES string of the molecule is COc1ccc(C(=O)Nc2cc(F)c(F)cc2F)cc1S(=O)(=O)N1CC(C)CC(C)C1. The van der Waals surface area contributed by atoms with Crippen molar-refractivity contribution in [3.8, 4) is 5.75 Å². The number of anilines is 1. The molecule has 0 aromatic heterocycles. The van der Waals surface area contributed by atoms with E-state index in [0.29, 0.717) is 25.2 Å². The first-order valence-electron chi connectivity index (χ1n) is 9.67. The third-order valence-corrected chi connectivity index (χ3v) is 6.99. The van der Waals surface area contributed by atoms with E-state index in [1.54, 1.807) is 0 Å².